The van der Waals surface area contributed by atoms with Crippen molar-refractivity contribution in [1.82, 2.24) is 0 Å². The Morgan fingerprint density at radius 1 is 1.00 bits per heavy atom. The Labute approximate surface area is 134 Å². The Kier molecular flexibility index (Phi) is 9.00. The van der Waals surface area contributed by atoms with Crippen LogP contribution in [-0.4, -0.2) is 0 Å². The van der Waals surface area contributed by atoms with Crippen LogP contribution in [0.1, 0.15) is 24.5 Å². The van der Waals surface area contributed by atoms with Crippen molar-refractivity contribution in [2.75, 3.05) is 0 Å². The zero-order valence-electron chi connectivity index (χ0n) is 11.4. The van der Waals surface area contributed by atoms with Crippen LogP contribution in [0.4, 0.5) is 0 Å². The van der Waals surface area contributed by atoms with Crippen LogP contribution < -0.4 is 37.7 Å². The normalized spacial score (nSPS) is 10.2. The van der Waals surface area contributed by atoms with Crippen LogP contribution in [0.2, 0.25) is 0 Å². The van der Waals surface area contributed by atoms with Gasteiger partial charge in [-0.15, -0.1) is 18.2 Å². The molecule has 2 aromatic carbocycles. The summed E-state index contributed by atoms with van der Waals surface area (Å²) in [5.41, 5.74) is 3.45. The largest absolute Gasteiger partial charge is 1.00 e. The van der Waals surface area contributed by atoms with Gasteiger partial charge in [0, 0.05) is 0 Å². The number of benzene rings is 2. The molecule has 2 rings (SSSR count). The topological polar surface area (TPSA) is 0 Å². The second kappa shape index (κ2) is 9.32. The van der Waals surface area contributed by atoms with Crippen molar-refractivity contribution in [3.8, 4) is 0 Å². The van der Waals surface area contributed by atoms with Crippen molar-refractivity contribution in [1.29, 1.82) is 0 Å². The Morgan fingerprint density at radius 3 is 2.22 bits per heavy atom. The zero-order chi connectivity index (χ0) is 11.2. The molecule has 0 saturated carbocycles. The molecule has 0 N–H and O–H groups in total. The van der Waals surface area contributed by atoms with E-state index in [-0.39, 0.29) is 37.7 Å². The van der Waals surface area contributed by atoms with Crippen molar-refractivity contribution >= 4 is 5.57 Å². The Hall–Kier alpha value is -0.625. The van der Waals surface area contributed by atoms with Crippen molar-refractivity contribution in [2.45, 2.75) is 13.3 Å². The third-order valence-electron chi connectivity index (χ3n) is 2.39. The van der Waals surface area contributed by atoms with Crippen LogP contribution in [-0.2, 0) is 0 Å². The van der Waals surface area contributed by atoms with E-state index in [0.717, 1.165) is 17.6 Å². The maximum atomic E-state index is 3.40. The zero-order valence-corrected chi connectivity index (χ0v) is 11.4. The molecule has 0 fully saturated rings. The van der Waals surface area contributed by atoms with Gasteiger partial charge < -0.3 is 0 Å². The molecule has 0 bridgehead atoms. The van der Waals surface area contributed by atoms with Crippen molar-refractivity contribution in [3.05, 3.63) is 77.9 Å². The second-order valence-corrected chi connectivity index (χ2v) is 3.55. The van der Waals surface area contributed by atoms with Gasteiger partial charge in [0.05, 0.1) is 0 Å². The van der Waals surface area contributed by atoms with E-state index in [1.54, 1.807) is 0 Å². The fraction of sp³-hybridized carbons (Fsp3) is 0.125. The summed E-state index contributed by atoms with van der Waals surface area (Å²) in [6.45, 7) is 2.10. The molecule has 0 heterocycles. The van der Waals surface area contributed by atoms with Gasteiger partial charge in [-0.1, -0.05) is 31.5 Å². The maximum absolute atomic E-state index is 3.40. The molecular formula is C16H14Li2. The van der Waals surface area contributed by atoms with Gasteiger partial charge in [-0.25, -0.2) is 12.1 Å². The van der Waals surface area contributed by atoms with E-state index in [4.69, 9.17) is 0 Å². The van der Waals surface area contributed by atoms with E-state index in [9.17, 15) is 0 Å². The third-order valence-corrected chi connectivity index (χ3v) is 2.39. The van der Waals surface area contributed by atoms with Crippen LogP contribution in [0, 0.1) is 12.1 Å². The predicted molar refractivity (Wildman–Crippen MR) is 67.8 cm³/mol. The summed E-state index contributed by atoms with van der Waals surface area (Å²) in [5.74, 6) is 0. The van der Waals surface area contributed by atoms with Crippen molar-refractivity contribution < 1.29 is 37.7 Å². The summed E-state index contributed by atoms with van der Waals surface area (Å²) < 4.78 is 0. The minimum Gasteiger partial charge on any atom is -0.266 e. The molecule has 0 saturated heterocycles. The van der Waals surface area contributed by atoms with Gasteiger partial charge in [-0.05, 0) is 0 Å². The quantitative estimate of drug-likeness (QED) is 0.420. The molecule has 0 spiro atoms. The first-order chi connectivity index (χ1) is 7.92. The molecule has 18 heavy (non-hydrogen) atoms. The van der Waals surface area contributed by atoms with Gasteiger partial charge >= 0.3 is 37.7 Å². The average Bonchev–Trinajstić information content (AvgIpc) is 2.38. The predicted octanol–water partition coefficient (Wildman–Crippen LogP) is -1.86. The molecule has 0 amide bonds. The first kappa shape index (κ1) is 17.4. The van der Waals surface area contributed by atoms with Gasteiger partial charge in [-0.3, -0.25) is 17.2 Å². The smallest absolute Gasteiger partial charge is 0.266 e. The molecule has 80 valence electrons. The molecule has 0 atom stereocenters. The van der Waals surface area contributed by atoms with Crippen LogP contribution in [0.5, 0.6) is 0 Å². The minimum atomic E-state index is 0. The van der Waals surface area contributed by atoms with Gasteiger partial charge in [0.2, 0.25) is 0 Å². The molecule has 2 heteroatoms. The molecule has 0 aliphatic carbocycles. The number of allylic oxidation sites excluding steroid dienone is 1. The van der Waals surface area contributed by atoms with E-state index in [2.05, 4.69) is 49.4 Å². The fourth-order valence-corrected chi connectivity index (χ4v) is 1.68. The van der Waals surface area contributed by atoms with Crippen LogP contribution in [0.25, 0.3) is 5.57 Å². The van der Waals surface area contributed by atoms with Crippen molar-refractivity contribution in [2.24, 2.45) is 0 Å². The first-order valence-corrected chi connectivity index (χ1v) is 5.55. The average molecular weight is 220 g/mol. The van der Waals surface area contributed by atoms with E-state index in [1.165, 1.54) is 5.56 Å². The molecule has 0 aliphatic rings. The molecule has 0 nitrogen and oxygen atoms in total. The van der Waals surface area contributed by atoms with Gasteiger partial charge in [0.1, 0.15) is 0 Å². The summed E-state index contributed by atoms with van der Waals surface area (Å²) in [7, 11) is 0. The molecule has 2 aromatic rings. The Morgan fingerprint density at radius 2 is 1.67 bits per heavy atom. The summed E-state index contributed by atoms with van der Waals surface area (Å²) in [4.78, 5) is 0. The SMILES string of the molecule is CC[C-]=C(c1[c-]cccc1)c1ccccc1.[Li+].[Li+]. The molecular weight excluding hydrogens is 206 g/mol. The monoisotopic (exact) mass is 220 g/mol. The van der Waals surface area contributed by atoms with Gasteiger partial charge in [-0.2, -0.15) is 17.7 Å². The number of hydrogen-bond acceptors (Lipinski definition) is 0. The van der Waals surface area contributed by atoms with E-state index in [0.29, 0.717) is 0 Å². The molecule has 0 aromatic heterocycles. The van der Waals surface area contributed by atoms with E-state index < -0.39 is 0 Å². The van der Waals surface area contributed by atoms with Crippen LogP contribution >= 0.6 is 0 Å². The molecule has 0 aliphatic heterocycles. The minimum absolute atomic E-state index is 0. The maximum Gasteiger partial charge on any atom is 1.00 e. The third kappa shape index (κ3) is 4.57. The van der Waals surface area contributed by atoms with Crippen LogP contribution in [0.3, 0.4) is 0 Å². The summed E-state index contributed by atoms with van der Waals surface area (Å²) in [6, 6.07) is 21.6. The number of hydrogen-bond donors (Lipinski definition) is 0. The Balaban J connectivity index is 0.00000144. The van der Waals surface area contributed by atoms with E-state index in [1.807, 2.05) is 24.3 Å². The summed E-state index contributed by atoms with van der Waals surface area (Å²) >= 11 is 0. The van der Waals surface area contributed by atoms with E-state index >= 15 is 0 Å². The van der Waals surface area contributed by atoms with Crippen molar-refractivity contribution in [3.63, 3.8) is 0 Å². The van der Waals surface area contributed by atoms with Crippen LogP contribution in [0.15, 0.2) is 54.6 Å². The standard InChI is InChI=1S/C16H14.2Li/c1-2-9-16(14-10-5-3-6-11-14)15-12-7-4-8-13-15;;/h3-8,10-12H,2H2,1H3;;/q-2;2*+1. The summed E-state index contributed by atoms with van der Waals surface area (Å²) in [6.07, 6.45) is 4.31. The van der Waals surface area contributed by atoms with Gasteiger partial charge in [0.15, 0.2) is 0 Å². The first-order valence-electron chi connectivity index (χ1n) is 5.55. The second-order valence-electron chi connectivity index (χ2n) is 3.55. The molecule has 0 radical (unpaired) electrons. The Bertz CT molecular complexity index is 419. The fourth-order valence-electron chi connectivity index (χ4n) is 1.68. The number of rotatable bonds is 3. The summed E-state index contributed by atoms with van der Waals surface area (Å²) in [5, 5.41) is 0. The molecule has 0 unspecified atom stereocenters. The van der Waals surface area contributed by atoms with Gasteiger partial charge in [0.25, 0.3) is 0 Å².